The summed E-state index contributed by atoms with van der Waals surface area (Å²) in [5, 5.41) is 23.7. The van der Waals surface area contributed by atoms with Crippen LogP contribution in [0.2, 0.25) is 5.02 Å². The molecule has 0 aliphatic heterocycles. The number of aromatic carboxylic acids is 1. The highest BCUT2D eigenvalue weighted by Crippen LogP contribution is 2.28. The zero-order valence-electron chi connectivity index (χ0n) is 16.5. The van der Waals surface area contributed by atoms with Gasteiger partial charge in [0.05, 0.1) is 11.7 Å². The van der Waals surface area contributed by atoms with Crippen LogP contribution in [-0.4, -0.2) is 28.8 Å². The molecule has 0 radical (unpaired) electrons. The highest BCUT2D eigenvalue weighted by Gasteiger charge is 2.20. The second-order valence-electron chi connectivity index (χ2n) is 7.78. The van der Waals surface area contributed by atoms with E-state index in [4.69, 9.17) is 16.7 Å². The number of hydrogen-bond acceptors (Lipinski definition) is 3. The Morgan fingerprint density at radius 1 is 1.00 bits per heavy atom. The quantitative estimate of drug-likeness (QED) is 0.530. The van der Waals surface area contributed by atoms with Crippen molar-refractivity contribution in [3.8, 4) is 11.1 Å². The van der Waals surface area contributed by atoms with Crippen molar-refractivity contribution in [3.63, 3.8) is 0 Å². The number of carbonyl (C=O) groups is 1. The number of fused-ring (bicyclic) bond motifs is 1. The van der Waals surface area contributed by atoms with E-state index in [1.807, 2.05) is 24.3 Å². The van der Waals surface area contributed by atoms with E-state index in [0.29, 0.717) is 23.2 Å². The van der Waals surface area contributed by atoms with Crippen LogP contribution in [0.3, 0.4) is 0 Å². The monoisotopic (exact) mass is 421 g/mol. The maximum absolute atomic E-state index is 11.1. The first-order valence-corrected chi connectivity index (χ1v) is 10.5. The summed E-state index contributed by atoms with van der Waals surface area (Å²) in [5.74, 6) is -0.915. The number of aryl methyl sites for hydroxylation is 1. The molecular weight excluding hydrogens is 398 g/mol. The molecule has 1 aliphatic rings. The van der Waals surface area contributed by atoms with Gasteiger partial charge in [0.1, 0.15) is 0 Å². The van der Waals surface area contributed by atoms with Gasteiger partial charge in [-0.15, -0.1) is 0 Å². The summed E-state index contributed by atoms with van der Waals surface area (Å²) in [6.45, 7) is 0.498. The maximum atomic E-state index is 11.1. The molecule has 0 amide bonds. The third-order valence-corrected chi connectivity index (χ3v) is 6.01. The minimum absolute atomic E-state index is 0.292. The zero-order valence-corrected chi connectivity index (χ0v) is 17.3. The first-order valence-electron chi connectivity index (χ1n) is 10.1. The van der Waals surface area contributed by atoms with Crippen LogP contribution in [0.5, 0.6) is 0 Å². The molecule has 0 saturated heterocycles. The Bertz CT molecular complexity index is 1030. The highest BCUT2D eigenvalue weighted by molar-refractivity contribution is 6.30. The number of hydrogen-bond donors (Lipinski definition) is 3. The fourth-order valence-electron chi connectivity index (χ4n) is 4.00. The van der Waals surface area contributed by atoms with Gasteiger partial charge in [-0.2, -0.15) is 0 Å². The SMILES string of the molecule is O=C(O)c1ccc(-c2ccc3c(c2)C[C@@H](NC[C@H](O)c2ccc(Cl)cc2)CC3)cc1. The summed E-state index contributed by atoms with van der Waals surface area (Å²) in [4.78, 5) is 11.1. The lowest BCUT2D eigenvalue weighted by atomic mass is 9.86. The van der Waals surface area contributed by atoms with Gasteiger partial charge in [-0.3, -0.25) is 0 Å². The topological polar surface area (TPSA) is 69.6 Å². The Morgan fingerprint density at radius 2 is 1.70 bits per heavy atom. The van der Waals surface area contributed by atoms with Gasteiger partial charge in [-0.25, -0.2) is 4.79 Å². The molecule has 1 aliphatic carbocycles. The molecule has 0 heterocycles. The van der Waals surface area contributed by atoms with Crippen molar-refractivity contribution in [1.29, 1.82) is 0 Å². The van der Waals surface area contributed by atoms with Gasteiger partial charge in [0.25, 0.3) is 0 Å². The standard InChI is InChI=1S/C25H24ClNO3/c26-22-10-7-18(8-11-22)24(28)15-27-23-12-9-17-3-6-20(13-21(17)14-23)16-1-4-19(5-2-16)25(29)30/h1-8,10-11,13,23-24,27-28H,9,12,14-15H2,(H,29,30)/t23-,24-/m0/s1. The fourth-order valence-corrected chi connectivity index (χ4v) is 4.12. The Kier molecular flexibility index (Phi) is 6.18. The number of carboxylic acids is 1. The van der Waals surface area contributed by atoms with E-state index in [9.17, 15) is 9.90 Å². The van der Waals surface area contributed by atoms with Crippen LogP contribution in [0.15, 0.2) is 66.7 Å². The van der Waals surface area contributed by atoms with Gasteiger partial charge in [0.15, 0.2) is 0 Å². The highest BCUT2D eigenvalue weighted by atomic mass is 35.5. The molecule has 2 atom stereocenters. The number of rotatable bonds is 6. The van der Waals surface area contributed by atoms with E-state index in [-0.39, 0.29) is 0 Å². The van der Waals surface area contributed by atoms with Crippen molar-refractivity contribution in [2.24, 2.45) is 0 Å². The molecule has 0 spiro atoms. The van der Waals surface area contributed by atoms with E-state index in [2.05, 4.69) is 23.5 Å². The lowest BCUT2D eigenvalue weighted by Crippen LogP contribution is -2.37. The first-order chi connectivity index (χ1) is 14.5. The number of carboxylic acid groups (broad SMARTS) is 1. The molecule has 154 valence electrons. The third kappa shape index (κ3) is 4.73. The molecule has 0 aromatic heterocycles. The van der Waals surface area contributed by atoms with Crippen molar-refractivity contribution in [2.75, 3.05) is 6.54 Å². The molecule has 4 rings (SSSR count). The molecule has 5 heteroatoms. The second kappa shape index (κ2) is 9.00. The van der Waals surface area contributed by atoms with Crippen LogP contribution in [0, 0.1) is 0 Å². The van der Waals surface area contributed by atoms with Crippen LogP contribution in [-0.2, 0) is 12.8 Å². The van der Waals surface area contributed by atoms with Crippen molar-refractivity contribution in [1.82, 2.24) is 5.32 Å². The second-order valence-corrected chi connectivity index (χ2v) is 8.22. The Balaban J connectivity index is 1.42. The molecule has 3 aromatic carbocycles. The minimum Gasteiger partial charge on any atom is -0.478 e. The molecule has 3 N–H and O–H groups in total. The van der Waals surface area contributed by atoms with Gasteiger partial charge in [0, 0.05) is 17.6 Å². The molecule has 3 aromatic rings. The largest absolute Gasteiger partial charge is 0.478 e. The van der Waals surface area contributed by atoms with Crippen molar-refractivity contribution >= 4 is 17.6 Å². The van der Waals surface area contributed by atoms with Crippen LogP contribution >= 0.6 is 11.6 Å². The van der Waals surface area contributed by atoms with Gasteiger partial charge < -0.3 is 15.5 Å². The summed E-state index contributed by atoms with van der Waals surface area (Å²) in [6.07, 6.45) is 2.38. The van der Waals surface area contributed by atoms with Crippen LogP contribution in [0.25, 0.3) is 11.1 Å². The molecule has 0 bridgehead atoms. The number of nitrogens with one attached hydrogen (secondary N) is 1. The smallest absolute Gasteiger partial charge is 0.335 e. The zero-order chi connectivity index (χ0) is 21.1. The molecule has 0 fully saturated rings. The van der Waals surface area contributed by atoms with E-state index < -0.39 is 12.1 Å². The van der Waals surface area contributed by atoms with Gasteiger partial charge in [-0.1, -0.05) is 54.1 Å². The van der Waals surface area contributed by atoms with Crippen molar-refractivity contribution in [2.45, 2.75) is 31.4 Å². The summed E-state index contributed by atoms with van der Waals surface area (Å²) in [5.41, 5.74) is 5.91. The molecular formula is C25H24ClNO3. The first kappa shape index (κ1) is 20.6. The predicted octanol–water partition coefficient (Wildman–Crippen LogP) is 4.89. The van der Waals surface area contributed by atoms with Gasteiger partial charge in [0.2, 0.25) is 0 Å². The summed E-state index contributed by atoms with van der Waals surface area (Å²) in [7, 11) is 0. The Hall–Kier alpha value is -2.66. The lowest BCUT2D eigenvalue weighted by Gasteiger charge is -2.27. The van der Waals surface area contributed by atoms with Gasteiger partial charge >= 0.3 is 5.97 Å². The summed E-state index contributed by atoms with van der Waals surface area (Å²) < 4.78 is 0. The van der Waals surface area contributed by atoms with Crippen molar-refractivity contribution < 1.29 is 15.0 Å². The average molecular weight is 422 g/mol. The predicted molar refractivity (Wildman–Crippen MR) is 119 cm³/mol. The number of halogens is 1. The Morgan fingerprint density at radius 3 is 2.40 bits per heavy atom. The van der Waals surface area contributed by atoms with Gasteiger partial charge in [-0.05, 0) is 71.3 Å². The number of benzene rings is 3. The molecule has 30 heavy (non-hydrogen) atoms. The number of aliphatic hydroxyl groups excluding tert-OH is 1. The number of aliphatic hydroxyl groups is 1. The normalized spacial score (nSPS) is 16.7. The van der Waals surface area contributed by atoms with E-state index in [0.717, 1.165) is 36.0 Å². The summed E-state index contributed by atoms with van der Waals surface area (Å²) >= 11 is 5.92. The van der Waals surface area contributed by atoms with E-state index in [1.54, 1.807) is 24.3 Å². The third-order valence-electron chi connectivity index (χ3n) is 5.75. The molecule has 0 unspecified atom stereocenters. The molecule has 0 saturated carbocycles. The fraction of sp³-hybridized carbons (Fsp3) is 0.240. The van der Waals surface area contributed by atoms with Crippen LogP contribution in [0.4, 0.5) is 0 Å². The van der Waals surface area contributed by atoms with Crippen LogP contribution in [0.1, 0.15) is 39.6 Å². The van der Waals surface area contributed by atoms with E-state index >= 15 is 0 Å². The minimum atomic E-state index is -0.915. The lowest BCUT2D eigenvalue weighted by molar-refractivity contribution is 0.0697. The van der Waals surface area contributed by atoms with Crippen molar-refractivity contribution in [3.05, 3.63) is 94.0 Å². The summed E-state index contributed by atoms with van der Waals surface area (Å²) in [6, 6.07) is 21.1. The van der Waals surface area contributed by atoms with Crippen LogP contribution < -0.4 is 5.32 Å². The van der Waals surface area contributed by atoms with E-state index in [1.165, 1.54) is 11.1 Å². The average Bonchev–Trinajstić information content (AvgIpc) is 2.77. The Labute approximate surface area is 181 Å². The maximum Gasteiger partial charge on any atom is 0.335 e. The molecule has 4 nitrogen and oxygen atoms in total.